The van der Waals surface area contributed by atoms with E-state index in [-0.39, 0.29) is 25.2 Å². The maximum atomic E-state index is 13.7. The van der Waals surface area contributed by atoms with E-state index in [0.29, 0.717) is 31.5 Å². The Morgan fingerprint density at radius 3 is 2.26 bits per heavy atom. The number of carbonyl (C=O) groups is 4. The number of para-hydroxylation sites is 1. The largest absolute Gasteiger partial charge is 0.480 e. The maximum absolute atomic E-state index is 13.7. The zero-order valence-corrected chi connectivity index (χ0v) is 24.1. The molecule has 0 bridgehead atoms. The Labute approximate surface area is 244 Å². The monoisotopic (exact) mass is 582 g/mol. The van der Waals surface area contributed by atoms with Crippen LogP contribution in [-0.4, -0.2) is 74.5 Å². The highest BCUT2D eigenvalue weighted by atomic mass is 16.4. The third-order valence-corrected chi connectivity index (χ3v) is 7.47. The van der Waals surface area contributed by atoms with Gasteiger partial charge in [0.15, 0.2) is 0 Å². The average Bonchev–Trinajstić information content (AvgIpc) is 3.65. The van der Waals surface area contributed by atoms with Crippen molar-refractivity contribution in [2.75, 3.05) is 6.54 Å². The fourth-order valence-electron chi connectivity index (χ4n) is 4.63. The van der Waals surface area contributed by atoms with Crippen molar-refractivity contribution in [1.82, 2.24) is 30.9 Å². The van der Waals surface area contributed by atoms with Crippen molar-refractivity contribution in [2.24, 2.45) is 17.4 Å². The molecule has 228 valence electrons. The highest BCUT2D eigenvalue weighted by molar-refractivity contribution is 5.95. The van der Waals surface area contributed by atoms with Crippen LogP contribution in [0.15, 0.2) is 43.0 Å². The third-order valence-electron chi connectivity index (χ3n) is 7.47. The first-order valence-electron chi connectivity index (χ1n) is 14.3. The van der Waals surface area contributed by atoms with Gasteiger partial charge in [0.1, 0.15) is 18.1 Å². The summed E-state index contributed by atoms with van der Waals surface area (Å²) < 4.78 is 0. The SMILES string of the molecule is CCC(C)C(N)C(=O)NC(Cc1cnc[nH]1)C(=O)NC(Cc1c[nH]c2ccccc12)C(=O)NC(CCCCN)C(=O)O. The number of hydrogen-bond acceptors (Lipinski definition) is 7. The Hall–Kier alpha value is -4.23. The number of carboxylic acid groups (broad SMARTS) is 1. The Morgan fingerprint density at radius 1 is 0.952 bits per heavy atom. The molecule has 0 fully saturated rings. The van der Waals surface area contributed by atoms with Gasteiger partial charge < -0.3 is 42.5 Å². The highest BCUT2D eigenvalue weighted by Gasteiger charge is 2.32. The predicted molar refractivity (Wildman–Crippen MR) is 158 cm³/mol. The lowest BCUT2D eigenvalue weighted by molar-refractivity contribution is -0.142. The molecule has 2 aromatic heterocycles. The van der Waals surface area contributed by atoms with Crippen LogP contribution in [0.25, 0.3) is 10.9 Å². The Kier molecular flexibility index (Phi) is 12.1. The summed E-state index contributed by atoms with van der Waals surface area (Å²) in [5.74, 6) is -3.07. The Bertz CT molecular complexity index is 1320. The van der Waals surface area contributed by atoms with E-state index < -0.39 is 47.9 Å². The van der Waals surface area contributed by atoms with E-state index in [1.54, 1.807) is 6.20 Å². The Balaban J connectivity index is 1.87. The fraction of sp³-hybridized carbons (Fsp3) is 0.483. The van der Waals surface area contributed by atoms with Crippen LogP contribution in [0.1, 0.15) is 50.8 Å². The van der Waals surface area contributed by atoms with Gasteiger partial charge in [-0.3, -0.25) is 14.4 Å². The number of H-pyrrole nitrogens is 2. The van der Waals surface area contributed by atoms with Crippen molar-refractivity contribution in [3.63, 3.8) is 0 Å². The van der Waals surface area contributed by atoms with Gasteiger partial charge in [-0.2, -0.15) is 0 Å². The summed E-state index contributed by atoms with van der Waals surface area (Å²) in [4.78, 5) is 62.1. The predicted octanol–water partition coefficient (Wildman–Crippen LogP) is 0.718. The highest BCUT2D eigenvalue weighted by Crippen LogP contribution is 2.19. The summed E-state index contributed by atoms with van der Waals surface area (Å²) in [5, 5.41) is 18.7. The van der Waals surface area contributed by atoms with Gasteiger partial charge in [0.05, 0.1) is 12.4 Å². The van der Waals surface area contributed by atoms with Crippen LogP contribution < -0.4 is 27.4 Å². The van der Waals surface area contributed by atoms with Gasteiger partial charge >= 0.3 is 5.97 Å². The summed E-state index contributed by atoms with van der Waals surface area (Å²) >= 11 is 0. The lowest BCUT2D eigenvalue weighted by atomic mass is 9.98. The Morgan fingerprint density at radius 2 is 1.62 bits per heavy atom. The van der Waals surface area contributed by atoms with E-state index in [1.165, 1.54) is 12.5 Å². The average molecular weight is 583 g/mol. The zero-order chi connectivity index (χ0) is 30.6. The minimum atomic E-state index is -1.18. The van der Waals surface area contributed by atoms with Crippen LogP contribution in [0.4, 0.5) is 0 Å². The number of nitrogens with two attached hydrogens (primary N) is 2. The van der Waals surface area contributed by atoms with Gasteiger partial charge in [-0.05, 0) is 43.4 Å². The number of aromatic nitrogens is 3. The van der Waals surface area contributed by atoms with Gasteiger partial charge in [-0.25, -0.2) is 9.78 Å². The zero-order valence-electron chi connectivity index (χ0n) is 24.1. The maximum Gasteiger partial charge on any atom is 0.326 e. The van der Waals surface area contributed by atoms with E-state index in [0.717, 1.165) is 16.5 Å². The third kappa shape index (κ3) is 8.88. The van der Waals surface area contributed by atoms with Gasteiger partial charge in [0, 0.05) is 41.8 Å². The van der Waals surface area contributed by atoms with Crippen LogP contribution in [0.2, 0.25) is 0 Å². The summed E-state index contributed by atoms with van der Waals surface area (Å²) in [6, 6.07) is 3.32. The number of nitrogens with zero attached hydrogens (tertiary/aromatic N) is 1. The molecule has 42 heavy (non-hydrogen) atoms. The summed E-state index contributed by atoms with van der Waals surface area (Å²) in [5.41, 5.74) is 13.9. The van der Waals surface area contributed by atoms with E-state index in [1.807, 2.05) is 38.1 Å². The molecular weight excluding hydrogens is 540 g/mol. The fourth-order valence-corrected chi connectivity index (χ4v) is 4.63. The first-order valence-corrected chi connectivity index (χ1v) is 14.3. The topological polar surface area (TPSA) is 221 Å². The lowest BCUT2D eigenvalue weighted by Crippen LogP contribution is -2.58. The number of rotatable bonds is 17. The van der Waals surface area contributed by atoms with Crippen LogP contribution in [0, 0.1) is 5.92 Å². The molecule has 0 spiro atoms. The molecule has 0 aliphatic heterocycles. The number of hydrogen-bond donors (Lipinski definition) is 8. The number of carbonyl (C=O) groups excluding carboxylic acids is 3. The van der Waals surface area contributed by atoms with Crippen LogP contribution >= 0.6 is 0 Å². The molecule has 13 nitrogen and oxygen atoms in total. The number of aliphatic carboxylic acids is 1. The van der Waals surface area contributed by atoms with E-state index in [4.69, 9.17) is 11.5 Å². The molecule has 2 heterocycles. The number of aromatic amines is 2. The lowest BCUT2D eigenvalue weighted by Gasteiger charge is -2.26. The molecule has 0 radical (unpaired) electrons. The number of unbranched alkanes of at least 4 members (excludes halogenated alkanes) is 1. The van der Waals surface area contributed by atoms with Gasteiger partial charge in [-0.1, -0.05) is 38.5 Å². The van der Waals surface area contributed by atoms with Crippen LogP contribution in [0.3, 0.4) is 0 Å². The summed E-state index contributed by atoms with van der Waals surface area (Å²) in [6.45, 7) is 4.17. The summed E-state index contributed by atoms with van der Waals surface area (Å²) in [6.07, 6.45) is 6.90. The molecule has 10 N–H and O–H groups in total. The standard InChI is InChI=1S/C29H42N8O5/c1-3-17(2)25(31)28(40)37-24(13-19-15-32-16-34-19)27(39)36-23(12-18-14-33-21-9-5-4-8-20(18)21)26(38)35-22(29(41)42)10-6-7-11-30/h4-5,8-9,14-17,22-25,33H,3,6-7,10-13,30-31H2,1-2H3,(H,32,34)(H,35,38)(H,36,39)(H,37,40)(H,41,42). The minimum Gasteiger partial charge on any atom is -0.480 e. The van der Waals surface area contributed by atoms with Gasteiger partial charge in [-0.15, -0.1) is 0 Å². The molecule has 5 atom stereocenters. The van der Waals surface area contributed by atoms with Crippen molar-refractivity contribution in [3.05, 3.63) is 54.2 Å². The molecule has 3 rings (SSSR count). The van der Waals surface area contributed by atoms with Crippen molar-refractivity contribution >= 4 is 34.6 Å². The summed E-state index contributed by atoms with van der Waals surface area (Å²) in [7, 11) is 0. The number of benzene rings is 1. The van der Waals surface area contributed by atoms with E-state index in [2.05, 4.69) is 30.9 Å². The van der Waals surface area contributed by atoms with Crippen molar-refractivity contribution in [1.29, 1.82) is 0 Å². The number of carboxylic acids is 1. The van der Waals surface area contributed by atoms with Crippen LogP contribution in [-0.2, 0) is 32.0 Å². The molecule has 3 aromatic rings. The number of fused-ring (bicyclic) bond motifs is 1. The molecule has 0 saturated heterocycles. The number of nitrogens with one attached hydrogen (secondary N) is 5. The second-order valence-corrected chi connectivity index (χ2v) is 10.6. The second-order valence-electron chi connectivity index (χ2n) is 10.6. The molecular formula is C29H42N8O5. The molecule has 0 aliphatic carbocycles. The first-order chi connectivity index (χ1) is 20.1. The number of amides is 3. The first kappa shape index (κ1) is 32.3. The van der Waals surface area contributed by atoms with Crippen LogP contribution in [0.5, 0.6) is 0 Å². The molecule has 1 aromatic carbocycles. The van der Waals surface area contributed by atoms with Crippen molar-refractivity contribution in [3.8, 4) is 0 Å². The van der Waals surface area contributed by atoms with Gasteiger partial charge in [0.2, 0.25) is 17.7 Å². The minimum absolute atomic E-state index is 0.0725. The molecule has 13 heteroatoms. The van der Waals surface area contributed by atoms with E-state index in [9.17, 15) is 24.3 Å². The number of imidazole rings is 1. The molecule has 3 amide bonds. The second kappa shape index (κ2) is 15.7. The van der Waals surface area contributed by atoms with Crippen molar-refractivity contribution < 1.29 is 24.3 Å². The molecule has 5 unspecified atom stereocenters. The quantitative estimate of drug-likeness (QED) is 0.106. The van der Waals surface area contributed by atoms with Gasteiger partial charge in [0.25, 0.3) is 0 Å². The molecule has 0 aliphatic rings. The normalized spacial score (nSPS) is 14.9. The van der Waals surface area contributed by atoms with E-state index >= 15 is 0 Å². The molecule has 0 saturated carbocycles. The smallest absolute Gasteiger partial charge is 0.326 e. The van der Waals surface area contributed by atoms with Crippen molar-refractivity contribution in [2.45, 2.75) is 76.5 Å².